The number of rotatable bonds is 24. The number of aliphatic hydroxyl groups excluding tert-OH is 3. The average molecular weight is 458 g/mol. The van der Waals surface area contributed by atoms with E-state index in [2.05, 4.69) is 19.2 Å². The first-order valence-corrected chi connectivity index (χ1v) is 13.8. The molecule has 0 aliphatic carbocycles. The van der Waals surface area contributed by atoms with Gasteiger partial charge in [-0.15, -0.1) is 0 Å². The summed E-state index contributed by atoms with van der Waals surface area (Å²) in [5.41, 5.74) is 0. The van der Waals surface area contributed by atoms with Crippen molar-refractivity contribution in [2.24, 2.45) is 0 Å². The number of unbranched alkanes of at least 4 members (excludes halogenated alkanes) is 15. The zero-order valence-corrected chi connectivity index (χ0v) is 21.3. The summed E-state index contributed by atoms with van der Waals surface area (Å²) in [5, 5.41) is 32.6. The maximum atomic E-state index is 12.1. The van der Waals surface area contributed by atoms with Crippen LogP contribution >= 0.6 is 0 Å². The Hall–Kier alpha value is -0.650. The molecule has 5 nitrogen and oxygen atoms in total. The van der Waals surface area contributed by atoms with E-state index in [1.54, 1.807) is 0 Å². The highest BCUT2D eigenvalue weighted by Gasteiger charge is 2.21. The second kappa shape index (κ2) is 23.5. The van der Waals surface area contributed by atoms with Crippen LogP contribution < -0.4 is 5.32 Å². The van der Waals surface area contributed by atoms with Crippen molar-refractivity contribution < 1.29 is 20.1 Å². The van der Waals surface area contributed by atoms with Gasteiger partial charge in [0.05, 0.1) is 31.3 Å². The minimum absolute atomic E-state index is 0.0358. The molecule has 0 rings (SSSR count). The largest absolute Gasteiger partial charge is 0.394 e. The number of nitrogens with one attached hydrogen (secondary N) is 1. The molecule has 0 saturated carbocycles. The van der Waals surface area contributed by atoms with E-state index in [1.165, 1.54) is 70.6 Å². The second-order valence-electron chi connectivity index (χ2n) is 9.66. The average Bonchev–Trinajstić information content (AvgIpc) is 2.78. The number of aliphatic hydroxyl groups is 3. The lowest BCUT2D eigenvalue weighted by molar-refractivity contribution is -0.125. The number of hydrogen-bond acceptors (Lipinski definition) is 4. The molecule has 0 aromatic carbocycles. The summed E-state index contributed by atoms with van der Waals surface area (Å²) < 4.78 is 0. The van der Waals surface area contributed by atoms with Crippen molar-refractivity contribution in [3.63, 3.8) is 0 Å². The van der Waals surface area contributed by atoms with Gasteiger partial charge in [0.15, 0.2) is 0 Å². The fourth-order valence-electron chi connectivity index (χ4n) is 4.22. The number of hydrogen-bond donors (Lipinski definition) is 4. The maximum Gasteiger partial charge on any atom is 0.222 e. The molecule has 192 valence electrons. The summed E-state index contributed by atoms with van der Waals surface area (Å²) in [4.78, 5) is 12.1. The maximum absolute atomic E-state index is 12.1. The Bertz CT molecular complexity index is 405. The van der Waals surface area contributed by atoms with E-state index < -0.39 is 18.2 Å². The SMILES string of the molecule is CCCCCCCCCCCCCCC[C@@H](O)[C@H](CO)NC(=O)CC(O)CCCCCC. The molecule has 0 fully saturated rings. The van der Waals surface area contributed by atoms with Crippen LogP contribution in [0.25, 0.3) is 0 Å². The van der Waals surface area contributed by atoms with Gasteiger partial charge < -0.3 is 20.6 Å². The smallest absolute Gasteiger partial charge is 0.222 e. The first-order valence-electron chi connectivity index (χ1n) is 13.8. The van der Waals surface area contributed by atoms with E-state index in [1.807, 2.05) is 0 Å². The van der Waals surface area contributed by atoms with E-state index in [-0.39, 0.29) is 18.9 Å². The van der Waals surface area contributed by atoms with Crippen LogP contribution in [0.4, 0.5) is 0 Å². The van der Waals surface area contributed by atoms with Gasteiger partial charge in [0.25, 0.3) is 0 Å². The first-order chi connectivity index (χ1) is 15.5. The fraction of sp³-hybridized carbons (Fsp3) is 0.963. The van der Waals surface area contributed by atoms with Crippen molar-refractivity contribution in [3.8, 4) is 0 Å². The van der Waals surface area contributed by atoms with Crippen LogP contribution in [-0.2, 0) is 4.79 Å². The highest BCUT2D eigenvalue weighted by atomic mass is 16.3. The molecule has 0 aliphatic heterocycles. The Morgan fingerprint density at radius 3 is 1.53 bits per heavy atom. The van der Waals surface area contributed by atoms with Gasteiger partial charge in [0.2, 0.25) is 5.91 Å². The molecule has 0 aromatic heterocycles. The van der Waals surface area contributed by atoms with Crippen molar-refractivity contribution in [1.29, 1.82) is 0 Å². The van der Waals surface area contributed by atoms with Gasteiger partial charge in [-0.1, -0.05) is 123 Å². The van der Waals surface area contributed by atoms with Crippen LogP contribution in [0.1, 0.15) is 142 Å². The topological polar surface area (TPSA) is 89.8 Å². The van der Waals surface area contributed by atoms with Gasteiger partial charge in [0, 0.05) is 0 Å². The predicted octanol–water partition coefficient (Wildman–Crippen LogP) is 6.03. The molecule has 0 bridgehead atoms. The van der Waals surface area contributed by atoms with E-state index in [4.69, 9.17) is 0 Å². The summed E-state index contributed by atoms with van der Waals surface area (Å²) in [5.74, 6) is -0.295. The highest BCUT2D eigenvalue weighted by molar-refractivity contribution is 5.76. The van der Waals surface area contributed by atoms with E-state index in [0.717, 1.165) is 38.5 Å². The van der Waals surface area contributed by atoms with Crippen molar-refractivity contribution in [2.45, 2.75) is 161 Å². The molecule has 5 heteroatoms. The quantitative estimate of drug-likeness (QED) is 0.133. The van der Waals surface area contributed by atoms with Crippen LogP contribution in [0.15, 0.2) is 0 Å². The van der Waals surface area contributed by atoms with Crippen molar-refractivity contribution in [2.75, 3.05) is 6.61 Å². The molecular weight excluding hydrogens is 402 g/mol. The first kappa shape index (κ1) is 31.4. The van der Waals surface area contributed by atoms with Gasteiger partial charge in [-0.25, -0.2) is 0 Å². The van der Waals surface area contributed by atoms with Gasteiger partial charge in [0.1, 0.15) is 0 Å². The minimum Gasteiger partial charge on any atom is -0.394 e. The molecule has 0 spiro atoms. The summed E-state index contributed by atoms with van der Waals surface area (Å²) in [6, 6.07) is -0.646. The Kier molecular flexibility index (Phi) is 23.0. The van der Waals surface area contributed by atoms with Crippen LogP contribution in [0.5, 0.6) is 0 Å². The number of carbonyl (C=O) groups excluding carboxylic acids is 1. The Morgan fingerprint density at radius 1 is 0.656 bits per heavy atom. The monoisotopic (exact) mass is 457 g/mol. The molecule has 4 N–H and O–H groups in total. The lowest BCUT2D eigenvalue weighted by Gasteiger charge is -2.23. The zero-order chi connectivity index (χ0) is 23.9. The van der Waals surface area contributed by atoms with Crippen LogP contribution in [0.3, 0.4) is 0 Å². The third-order valence-electron chi connectivity index (χ3n) is 6.42. The number of carbonyl (C=O) groups is 1. The van der Waals surface area contributed by atoms with E-state index in [9.17, 15) is 20.1 Å². The predicted molar refractivity (Wildman–Crippen MR) is 135 cm³/mol. The van der Waals surface area contributed by atoms with Crippen LogP contribution in [-0.4, -0.2) is 46.1 Å². The summed E-state index contributed by atoms with van der Waals surface area (Å²) in [7, 11) is 0. The van der Waals surface area contributed by atoms with Crippen LogP contribution in [0.2, 0.25) is 0 Å². The van der Waals surface area contributed by atoms with Gasteiger partial charge in [-0.2, -0.15) is 0 Å². The lowest BCUT2D eigenvalue weighted by atomic mass is 10.0. The molecule has 0 radical (unpaired) electrons. The molecule has 3 atom stereocenters. The summed E-state index contributed by atoms with van der Waals surface area (Å²) in [6.07, 6.45) is 20.8. The molecule has 1 amide bonds. The molecule has 0 aromatic rings. The molecule has 0 aliphatic rings. The number of amides is 1. The van der Waals surface area contributed by atoms with Crippen LogP contribution in [0, 0.1) is 0 Å². The highest BCUT2D eigenvalue weighted by Crippen LogP contribution is 2.14. The molecule has 0 saturated heterocycles. The van der Waals surface area contributed by atoms with E-state index >= 15 is 0 Å². The molecule has 1 unspecified atom stereocenters. The Labute approximate surface area is 198 Å². The van der Waals surface area contributed by atoms with Gasteiger partial charge in [-0.3, -0.25) is 4.79 Å². The van der Waals surface area contributed by atoms with Crippen molar-refractivity contribution >= 4 is 5.91 Å². The summed E-state index contributed by atoms with van der Waals surface area (Å²) >= 11 is 0. The third-order valence-corrected chi connectivity index (χ3v) is 6.42. The normalized spacial score (nSPS) is 14.3. The lowest BCUT2D eigenvalue weighted by Crippen LogP contribution is -2.46. The Balaban J connectivity index is 3.70. The fourth-order valence-corrected chi connectivity index (χ4v) is 4.22. The van der Waals surface area contributed by atoms with Gasteiger partial charge >= 0.3 is 0 Å². The van der Waals surface area contributed by atoms with Gasteiger partial charge in [-0.05, 0) is 12.8 Å². The minimum atomic E-state index is -0.738. The second-order valence-corrected chi connectivity index (χ2v) is 9.66. The molecular formula is C27H55NO4. The van der Waals surface area contributed by atoms with E-state index in [0.29, 0.717) is 12.8 Å². The summed E-state index contributed by atoms with van der Waals surface area (Å²) in [6.45, 7) is 4.12. The molecule has 32 heavy (non-hydrogen) atoms. The standard InChI is InChI=1S/C27H55NO4/c1-3-5-7-9-10-11-12-13-14-15-16-17-19-21-26(31)25(23-29)28-27(32)22-24(30)20-18-8-6-4-2/h24-26,29-31H,3-23H2,1-2H3,(H,28,32)/t24?,25-,26+/m0/s1. The Morgan fingerprint density at radius 2 is 1.06 bits per heavy atom. The van der Waals surface area contributed by atoms with Crippen molar-refractivity contribution in [1.82, 2.24) is 5.32 Å². The molecule has 0 heterocycles. The zero-order valence-electron chi connectivity index (χ0n) is 21.3. The van der Waals surface area contributed by atoms with Crippen molar-refractivity contribution in [3.05, 3.63) is 0 Å². The third kappa shape index (κ3) is 20.0.